The largest absolute Gasteiger partial charge is 0.493 e. The molecule has 1 aromatic carbocycles. The molecule has 0 saturated carbocycles. The third kappa shape index (κ3) is 5.19. The van der Waals surface area contributed by atoms with Crippen LogP contribution in [0.2, 0.25) is 0 Å². The van der Waals surface area contributed by atoms with Crippen molar-refractivity contribution in [3.05, 3.63) is 40.9 Å². The SMILES string of the molecule is CCCCCOc1ccccc1C=NNc1nc(C)cs1. The predicted octanol–water partition coefficient (Wildman–Crippen LogP) is 4.47. The Balaban J connectivity index is 1.92. The second kappa shape index (κ2) is 8.42. The maximum atomic E-state index is 5.81. The van der Waals surface area contributed by atoms with E-state index in [1.54, 1.807) is 17.6 Å². The normalized spacial score (nSPS) is 11.0. The van der Waals surface area contributed by atoms with Gasteiger partial charge in [-0.1, -0.05) is 31.9 Å². The van der Waals surface area contributed by atoms with Crippen molar-refractivity contribution in [2.24, 2.45) is 5.10 Å². The molecule has 0 bridgehead atoms. The summed E-state index contributed by atoms with van der Waals surface area (Å²) in [5, 5.41) is 7.01. The fraction of sp³-hybridized carbons (Fsp3) is 0.375. The van der Waals surface area contributed by atoms with Crippen LogP contribution in [0.3, 0.4) is 0 Å². The number of benzene rings is 1. The molecule has 21 heavy (non-hydrogen) atoms. The Kier molecular flexibility index (Phi) is 6.22. The highest BCUT2D eigenvalue weighted by molar-refractivity contribution is 7.13. The van der Waals surface area contributed by atoms with E-state index in [-0.39, 0.29) is 0 Å². The molecule has 5 heteroatoms. The highest BCUT2D eigenvalue weighted by Gasteiger charge is 2.00. The Morgan fingerprint density at radius 3 is 2.95 bits per heavy atom. The molecule has 0 radical (unpaired) electrons. The third-order valence-electron chi connectivity index (χ3n) is 2.91. The molecule has 112 valence electrons. The minimum atomic E-state index is 0.748. The van der Waals surface area contributed by atoms with Crippen LogP contribution < -0.4 is 10.2 Å². The summed E-state index contributed by atoms with van der Waals surface area (Å²) in [6.07, 6.45) is 5.25. The molecule has 2 rings (SSSR count). The first-order valence-electron chi connectivity index (χ1n) is 7.22. The molecule has 0 spiro atoms. The zero-order valence-corrected chi connectivity index (χ0v) is 13.3. The number of para-hydroxylation sites is 1. The minimum Gasteiger partial charge on any atom is -0.493 e. The van der Waals surface area contributed by atoms with Gasteiger partial charge in [0.2, 0.25) is 5.13 Å². The fourth-order valence-electron chi connectivity index (χ4n) is 1.82. The summed E-state index contributed by atoms with van der Waals surface area (Å²) in [5.74, 6) is 0.870. The van der Waals surface area contributed by atoms with Gasteiger partial charge in [0.1, 0.15) is 5.75 Å². The number of nitrogens with one attached hydrogen (secondary N) is 1. The van der Waals surface area contributed by atoms with Gasteiger partial charge in [0.15, 0.2) is 0 Å². The summed E-state index contributed by atoms with van der Waals surface area (Å²) >= 11 is 1.54. The van der Waals surface area contributed by atoms with E-state index in [0.29, 0.717) is 0 Å². The smallest absolute Gasteiger partial charge is 0.203 e. The molecule has 0 saturated heterocycles. The van der Waals surface area contributed by atoms with Crippen LogP contribution in [-0.4, -0.2) is 17.8 Å². The van der Waals surface area contributed by atoms with Gasteiger partial charge in [-0.2, -0.15) is 5.10 Å². The van der Waals surface area contributed by atoms with E-state index in [2.05, 4.69) is 22.4 Å². The molecule has 0 unspecified atom stereocenters. The van der Waals surface area contributed by atoms with Crippen LogP contribution in [0.5, 0.6) is 5.75 Å². The zero-order valence-electron chi connectivity index (χ0n) is 12.5. The molecule has 0 fully saturated rings. The van der Waals surface area contributed by atoms with E-state index in [1.165, 1.54) is 12.8 Å². The van der Waals surface area contributed by atoms with Crippen molar-refractivity contribution in [3.8, 4) is 5.75 Å². The Morgan fingerprint density at radius 1 is 1.33 bits per heavy atom. The molecule has 4 nitrogen and oxygen atoms in total. The number of aryl methyl sites for hydroxylation is 1. The van der Waals surface area contributed by atoms with Crippen LogP contribution in [0.15, 0.2) is 34.7 Å². The Bertz CT molecular complexity index is 580. The first kappa shape index (κ1) is 15.5. The second-order valence-electron chi connectivity index (χ2n) is 4.76. The lowest BCUT2D eigenvalue weighted by Crippen LogP contribution is -2.00. The molecular formula is C16H21N3OS. The Morgan fingerprint density at radius 2 is 2.19 bits per heavy atom. The van der Waals surface area contributed by atoms with Crippen LogP contribution in [-0.2, 0) is 0 Å². The van der Waals surface area contributed by atoms with E-state index in [4.69, 9.17) is 4.74 Å². The molecule has 0 aliphatic rings. The minimum absolute atomic E-state index is 0.748. The number of anilines is 1. The summed E-state index contributed by atoms with van der Waals surface area (Å²) in [6, 6.07) is 7.92. The van der Waals surface area contributed by atoms with Gasteiger partial charge in [0.05, 0.1) is 18.5 Å². The van der Waals surface area contributed by atoms with E-state index in [0.717, 1.165) is 35.2 Å². The molecule has 0 aliphatic carbocycles. The molecule has 1 aromatic heterocycles. The monoisotopic (exact) mass is 303 g/mol. The number of aromatic nitrogens is 1. The summed E-state index contributed by atoms with van der Waals surface area (Å²) < 4.78 is 5.81. The summed E-state index contributed by atoms with van der Waals surface area (Å²) in [6.45, 7) is 4.90. The highest BCUT2D eigenvalue weighted by Crippen LogP contribution is 2.17. The lowest BCUT2D eigenvalue weighted by molar-refractivity contribution is 0.306. The molecule has 2 aromatic rings. The average molecular weight is 303 g/mol. The maximum Gasteiger partial charge on any atom is 0.203 e. The van der Waals surface area contributed by atoms with E-state index in [9.17, 15) is 0 Å². The number of hydrogen-bond donors (Lipinski definition) is 1. The van der Waals surface area contributed by atoms with Gasteiger partial charge < -0.3 is 4.74 Å². The van der Waals surface area contributed by atoms with Gasteiger partial charge >= 0.3 is 0 Å². The molecule has 0 atom stereocenters. The number of thiazole rings is 1. The first-order valence-corrected chi connectivity index (χ1v) is 8.10. The van der Waals surface area contributed by atoms with Crippen molar-refractivity contribution in [2.75, 3.05) is 12.0 Å². The van der Waals surface area contributed by atoms with Crippen molar-refractivity contribution in [1.82, 2.24) is 4.98 Å². The van der Waals surface area contributed by atoms with E-state index >= 15 is 0 Å². The number of hydrazone groups is 1. The van der Waals surface area contributed by atoms with Crippen LogP contribution in [0.1, 0.15) is 37.4 Å². The van der Waals surface area contributed by atoms with Gasteiger partial charge in [-0.05, 0) is 25.5 Å². The lowest BCUT2D eigenvalue weighted by atomic mass is 10.2. The topological polar surface area (TPSA) is 46.5 Å². The van der Waals surface area contributed by atoms with Crippen LogP contribution >= 0.6 is 11.3 Å². The Hall–Kier alpha value is -1.88. The number of nitrogens with zero attached hydrogens (tertiary/aromatic N) is 2. The van der Waals surface area contributed by atoms with Gasteiger partial charge in [-0.15, -0.1) is 11.3 Å². The summed E-state index contributed by atoms with van der Waals surface area (Å²) in [4.78, 5) is 4.30. The van der Waals surface area contributed by atoms with Gasteiger partial charge in [0, 0.05) is 10.9 Å². The van der Waals surface area contributed by atoms with Crippen LogP contribution in [0.25, 0.3) is 0 Å². The Labute approximate surface area is 129 Å². The van der Waals surface area contributed by atoms with Crippen molar-refractivity contribution < 1.29 is 4.74 Å². The molecule has 1 heterocycles. The van der Waals surface area contributed by atoms with Crippen LogP contribution in [0.4, 0.5) is 5.13 Å². The van der Waals surface area contributed by atoms with Crippen molar-refractivity contribution in [1.29, 1.82) is 0 Å². The number of hydrogen-bond acceptors (Lipinski definition) is 5. The van der Waals surface area contributed by atoms with Crippen LogP contribution in [0, 0.1) is 6.92 Å². The highest BCUT2D eigenvalue weighted by atomic mass is 32.1. The molecule has 1 N–H and O–H groups in total. The first-order chi connectivity index (χ1) is 10.3. The van der Waals surface area contributed by atoms with Crippen molar-refractivity contribution in [3.63, 3.8) is 0 Å². The number of ether oxygens (including phenoxy) is 1. The third-order valence-corrected chi connectivity index (χ3v) is 3.77. The molecule has 0 aliphatic heterocycles. The van der Waals surface area contributed by atoms with Gasteiger partial charge in [0.25, 0.3) is 0 Å². The predicted molar refractivity (Wildman–Crippen MR) is 89.5 cm³/mol. The zero-order chi connectivity index (χ0) is 14.9. The second-order valence-corrected chi connectivity index (χ2v) is 5.62. The molecular weight excluding hydrogens is 282 g/mol. The van der Waals surface area contributed by atoms with Crippen molar-refractivity contribution >= 4 is 22.7 Å². The summed E-state index contributed by atoms with van der Waals surface area (Å²) in [7, 11) is 0. The molecule has 0 amide bonds. The van der Waals surface area contributed by atoms with E-state index in [1.807, 2.05) is 36.6 Å². The standard InChI is InChI=1S/C16H21N3OS/c1-3-4-7-10-20-15-9-6-5-8-14(15)11-17-19-16-18-13(2)12-21-16/h5-6,8-9,11-12H,3-4,7,10H2,1-2H3,(H,18,19). The summed E-state index contributed by atoms with van der Waals surface area (Å²) in [5.41, 5.74) is 4.90. The maximum absolute atomic E-state index is 5.81. The number of rotatable bonds is 8. The van der Waals surface area contributed by atoms with Gasteiger partial charge in [-0.25, -0.2) is 4.98 Å². The van der Waals surface area contributed by atoms with E-state index < -0.39 is 0 Å². The quantitative estimate of drug-likeness (QED) is 0.445. The van der Waals surface area contributed by atoms with Gasteiger partial charge in [-0.3, -0.25) is 5.43 Å². The fourth-order valence-corrected chi connectivity index (χ4v) is 2.45. The average Bonchev–Trinajstić information content (AvgIpc) is 2.91. The number of unbranched alkanes of at least 4 members (excludes halogenated alkanes) is 2. The lowest BCUT2D eigenvalue weighted by Gasteiger charge is -2.08. The van der Waals surface area contributed by atoms with Crippen molar-refractivity contribution in [2.45, 2.75) is 33.1 Å².